The molecule has 2 aromatic rings. The summed E-state index contributed by atoms with van der Waals surface area (Å²) in [4.78, 5) is 17.5. The molecule has 1 aromatic heterocycles. The average Bonchev–Trinajstić information content (AvgIpc) is 2.48. The highest BCUT2D eigenvalue weighted by atomic mass is 16.1. The minimum atomic E-state index is -0.197. The van der Waals surface area contributed by atoms with Gasteiger partial charge in [-0.15, -0.1) is 0 Å². The highest BCUT2D eigenvalue weighted by Crippen LogP contribution is 2.33. The Morgan fingerprint density at radius 1 is 1.24 bits per heavy atom. The second-order valence-corrected chi connectivity index (χ2v) is 5.70. The molecule has 110 valence electrons. The van der Waals surface area contributed by atoms with Crippen LogP contribution in [0.1, 0.15) is 19.3 Å². The standard InChI is InChI=1S/C16H20N4O/c17-14-1-2-15(12-3-6-19-10-13(12)14)20-7-4-11(5-8-20)9-16(18)21/h1-3,6,10-11H,4-5,7-9,17H2,(H2,18,21). The van der Waals surface area contributed by atoms with Gasteiger partial charge >= 0.3 is 0 Å². The van der Waals surface area contributed by atoms with Crippen LogP contribution < -0.4 is 16.4 Å². The summed E-state index contributed by atoms with van der Waals surface area (Å²) in [6.07, 6.45) is 6.11. The lowest BCUT2D eigenvalue weighted by Gasteiger charge is -2.34. The van der Waals surface area contributed by atoms with Crippen molar-refractivity contribution >= 4 is 28.1 Å². The third-order valence-corrected chi connectivity index (χ3v) is 4.27. The number of piperidine rings is 1. The van der Waals surface area contributed by atoms with Gasteiger partial charge in [0.15, 0.2) is 0 Å². The zero-order chi connectivity index (χ0) is 14.8. The van der Waals surface area contributed by atoms with Gasteiger partial charge in [-0.3, -0.25) is 9.78 Å². The Kier molecular flexibility index (Phi) is 3.64. The van der Waals surface area contributed by atoms with Crippen LogP contribution in [0.15, 0.2) is 30.6 Å². The van der Waals surface area contributed by atoms with E-state index in [4.69, 9.17) is 11.5 Å². The van der Waals surface area contributed by atoms with Gasteiger partial charge in [-0.05, 0) is 37.0 Å². The summed E-state index contributed by atoms with van der Waals surface area (Å²) in [7, 11) is 0. The molecule has 1 aliphatic rings. The first kappa shape index (κ1) is 13.7. The van der Waals surface area contributed by atoms with E-state index in [9.17, 15) is 4.79 Å². The van der Waals surface area contributed by atoms with E-state index in [-0.39, 0.29) is 5.91 Å². The Labute approximate surface area is 123 Å². The maximum Gasteiger partial charge on any atom is 0.217 e. The quantitative estimate of drug-likeness (QED) is 0.843. The fraction of sp³-hybridized carbons (Fsp3) is 0.375. The van der Waals surface area contributed by atoms with Gasteiger partial charge < -0.3 is 16.4 Å². The summed E-state index contributed by atoms with van der Waals surface area (Å²) in [5, 5.41) is 2.13. The van der Waals surface area contributed by atoms with Crippen molar-refractivity contribution in [1.82, 2.24) is 4.98 Å². The molecule has 0 atom stereocenters. The number of carbonyl (C=O) groups excluding carboxylic acids is 1. The summed E-state index contributed by atoms with van der Waals surface area (Å²) in [6, 6.07) is 6.03. The molecule has 21 heavy (non-hydrogen) atoms. The van der Waals surface area contributed by atoms with Crippen molar-refractivity contribution in [2.45, 2.75) is 19.3 Å². The van der Waals surface area contributed by atoms with Crippen LogP contribution in [-0.2, 0) is 4.79 Å². The number of pyridine rings is 1. The molecule has 4 N–H and O–H groups in total. The van der Waals surface area contributed by atoms with E-state index in [0.29, 0.717) is 12.3 Å². The van der Waals surface area contributed by atoms with Crippen molar-refractivity contribution in [1.29, 1.82) is 0 Å². The monoisotopic (exact) mass is 284 g/mol. The number of anilines is 2. The number of nitrogens with zero attached hydrogens (tertiary/aromatic N) is 2. The Hall–Kier alpha value is -2.30. The SMILES string of the molecule is NC(=O)CC1CCN(c2ccc(N)c3cnccc23)CC1. The maximum atomic E-state index is 11.0. The minimum Gasteiger partial charge on any atom is -0.398 e. The Balaban J connectivity index is 1.83. The van der Waals surface area contributed by atoms with E-state index in [1.807, 2.05) is 18.3 Å². The first-order valence-electron chi connectivity index (χ1n) is 7.30. The molecule has 1 saturated heterocycles. The van der Waals surface area contributed by atoms with Crippen molar-refractivity contribution in [2.24, 2.45) is 11.7 Å². The van der Waals surface area contributed by atoms with Gasteiger partial charge in [0.1, 0.15) is 0 Å². The van der Waals surface area contributed by atoms with Crippen molar-refractivity contribution in [3.8, 4) is 0 Å². The molecule has 1 amide bonds. The second-order valence-electron chi connectivity index (χ2n) is 5.70. The number of fused-ring (bicyclic) bond motifs is 1. The minimum absolute atomic E-state index is 0.197. The van der Waals surface area contributed by atoms with Gasteiger partial charge in [-0.1, -0.05) is 0 Å². The molecular weight excluding hydrogens is 264 g/mol. The lowest BCUT2D eigenvalue weighted by molar-refractivity contribution is -0.119. The topological polar surface area (TPSA) is 85.2 Å². The zero-order valence-corrected chi connectivity index (χ0v) is 12.0. The molecule has 3 rings (SSSR count). The molecule has 1 fully saturated rings. The number of carbonyl (C=O) groups is 1. The smallest absolute Gasteiger partial charge is 0.217 e. The van der Waals surface area contributed by atoms with Gasteiger partial charge in [0, 0.05) is 54.1 Å². The van der Waals surface area contributed by atoms with Crippen LogP contribution in [0.25, 0.3) is 10.8 Å². The number of nitrogens with two attached hydrogens (primary N) is 2. The molecule has 1 aromatic carbocycles. The lowest BCUT2D eigenvalue weighted by Crippen LogP contribution is -2.35. The largest absolute Gasteiger partial charge is 0.398 e. The lowest BCUT2D eigenvalue weighted by atomic mass is 9.92. The predicted molar refractivity (Wildman–Crippen MR) is 84.9 cm³/mol. The summed E-state index contributed by atoms with van der Waals surface area (Å²) in [5.41, 5.74) is 13.3. The van der Waals surface area contributed by atoms with E-state index >= 15 is 0 Å². The number of hydrogen-bond acceptors (Lipinski definition) is 4. The van der Waals surface area contributed by atoms with Crippen LogP contribution in [0.2, 0.25) is 0 Å². The van der Waals surface area contributed by atoms with Crippen molar-refractivity contribution in [3.05, 3.63) is 30.6 Å². The highest BCUT2D eigenvalue weighted by Gasteiger charge is 2.22. The van der Waals surface area contributed by atoms with Crippen LogP contribution in [0, 0.1) is 5.92 Å². The van der Waals surface area contributed by atoms with Crippen molar-refractivity contribution < 1.29 is 4.79 Å². The van der Waals surface area contributed by atoms with Crippen LogP contribution >= 0.6 is 0 Å². The summed E-state index contributed by atoms with van der Waals surface area (Å²) >= 11 is 0. The van der Waals surface area contributed by atoms with E-state index < -0.39 is 0 Å². The number of hydrogen-bond donors (Lipinski definition) is 2. The van der Waals surface area contributed by atoms with Gasteiger partial charge in [-0.25, -0.2) is 0 Å². The fourth-order valence-corrected chi connectivity index (χ4v) is 3.13. The highest BCUT2D eigenvalue weighted by molar-refractivity contribution is 6.00. The molecule has 0 saturated carbocycles. The molecule has 0 spiro atoms. The van der Waals surface area contributed by atoms with Gasteiger partial charge in [-0.2, -0.15) is 0 Å². The third-order valence-electron chi connectivity index (χ3n) is 4.27. The second kappa shape index (κ2) is 5.60. The number of benzene rings is 1. The first-order chi connectivity index (χ1) is 10.1. The number of rotatable bonds is 3. The fourth-order valence-electron chi connectivity index (χ4n) is 3.13. The Morgan fingerprint density at radius 3 is 2.71 bits per heavy atom. The van der Waals surface area contributed by atoms with Gasteiger partial charge in [0.2, 0.25) is 5.91 Å². The summed E-state index contributed by atoms with van der Waals surface area (Å²) in [5.74, 6) is 0.220. The molecule has 1 aliphatic heterocycles. The molecule has 5 heteroatoms. The normalized spacial score (nSPS) is 16.3. The Bertz CT molecular complexity index is 662. The van der Waals surface area contributed by atoms with E-state index in [1.165, 1.54) is 5.69 Å². The number of aromatic nitrogens is 1. The van der Waals surface area contributed by atoms with Crippen LogP contribution in [0.4, 0.5) is 11.4 Å². The van der Waals surface area contributed by atoms with Crippen molar-refractivity contribution in [2.75, 3.05) is 23.7 Å². The molecular formula is C16H20N4O. The first-order valence-corrected chi connectivity index (χ1v) is 7.30. The third kappa shape index (κ3) is 2.77. The molecule has 2 heterocycles. The molecule has 0 bridgehead atoms. The number of amides is 1. The summed E-state index contributed by atoms with van der Waals surface area (Å²) in [6.45, 7) is 1.89. The van der Waals surface area contributed by atoms with Gasteiger partial charge in [0.25, 0.3) is 0 Å². The molecule has 0 radical (unpaired) electrons. The van der Waals surface area contributed by atoms with E-state index in [2.05, 4.69) is 16.0 Å². The Morgan fingerprint density at radius 2 is 2.00 bits per heavy atom. The van der Waals surface area contributed by atoms with Gasteiger partial charge in [0.05, 0.1) is 0 Å². The van der Waals surface area contributed by atoms with Crippen LogP contribution in [0.5, 0.6) is 0 Å². The average molecular weight is 284 g/mol. The zero-order valence-electron chi connectivity index (χ0n) is 12.0. The number of primary amides is 1. The number of nitrogen functional groups attached to an aromatic ring is 1. The molecule has 0 unspecified atom stereocenters. The van der Waals surface area contributed by atoms with Crippen LogP contribution in [-0.4, -0.2) is 24.0 Å². The predicted octanol–water partition coefficient (Wildman–Crippen LogP) is 1.91. The molecule has 5 nitrogen and oxygen atoms in total. The molecule has 0 aliphatic carbocycles. The van der Waals surface area contributed by atoms with Crippen molar-refractivity contribution in [3.63, 3.8) is 0 Å². The maximum absolute atomic E-state index is 11.0. The van der Waals surface area contributed by atoms with Crippen LogP contribution in [0.3, 0.4) is 0 Å². The summed E-state index contributed by atoms with van der Waals surface area (Å²) < 4.78 is 0. The van der Waals surface area contributed by atoms with E-state index in [1.54, 1.807) is 6.20 Å². The van der Waals surface area contributed by atoms with E-state index in [0.717, 1.165) is 42.4 Å².